The average molecular weight is 418 g/mol. The zero-order valence-corrected chi connectivity index (χ0v) is 19.5. The normalized spacial score (nSPS) is 43.3. The van der Waals surface area contributed by atoms with E-state index < -0.39 is 0 Å². The van der Waals surface area contributed by atoms with Crippen LogP contribution in [0, 0.1) is 0 Å². The van der Waals surface area contributed by atoms with Crippen molar-refractivity contribution in [3.05, 3.63) is 0 Å². The van der Waals surface area contributed by atoms with Crippen molar-refractivity contribution in [3.8, 4) is 0 Å². The fraction of sp³-hybridized carbons (Fsp3) is 1.00. The molecule has 0 aromatic rings. The number of ether oxygens (including phenoxy) is 2. The Labute approximate surface area is 185 Å². The first kappa shape index (κ1) is 23.1. The van der Waals surface area contributed by atoms with Gasteiger partial charge >= 0.3 is 0 Å². The van der Waals surface area contributed by atoms with Crippen molar-refractivity contribution in [2.45, 2.75) is 158 Å². The molecule has 0 radical (unpaired) electrons. The van der Waals surface area contributed by atoms with E-state index in [1.807, 2.05) is 0 Å². The van der Waals surface area contributed by atoms with Gasteiger partial charge in [0.2, 0.25) is 0 Å². The predicted octanol–water partition coefficient (Wildman–Crippen LogP) is 5.31. The number of hydrogen-bond acceptors (Lipinski definition) is 4. The number of rotatable bonds is 6. The third-order valence-corrected chi connectivity index (χ3v) is 9.13. The Hall–Kier alpha value is -0.0951. The Balaban J connectivity index is 1.12. The summed E-state index contributed by atoms with van der Waals surface area (Å²) in [5.74, 6) is 1.82. The van der Waals surface area contributed by atoms with Crippen molar-refractivity contribution in [3.63, 3.8) is 0 Å². The molecule has 0 saturated heterocycles. The zero-order valence-electron chi connectivity index (χ0n) is 19.5. The molecule has 4 rings (SSSR count). The van der Waals surface area contributed by atoms with Crippen molar-refractivity contribution in [1.29, 1.82) is 0 Å². The van der Waals surface area contributed by atoms with Gasteiger partial charge in [-0.3, -0.25) is 0 Å². The summed E-state index contributed by atoms with van der Waals surface area (Å²) in [7, 11) is 0. The highest BCUT2D eigenvalue weighted by molar-refractivity contribution is 6.60. The average Bonchev–Trinajstić information content (AvgIpc) is 2.77. The molecule has 0 spiro atoms. The van der Waals surface area contributed by atoms with E-state index in [1.54, 1.807) is 0 Å². The molecule has 4 nitrogen and oxygen atoms in total. The maximum atomic E-state index is 6.47. The Morgan fingerprint density at radius 1 is 0.467 bits per heavy atom. The topological polar surface area (TPSA) is 70.5 Å². The molecule has 4 aliphatic rings. The maximum Gasteiger partial charge on any atom is 0.143 e. The minimum Gasteiger partial charge on any atom is -0.375 e. The van der Waals surface area contributed by atoms with Crippen LogP contribution in [0.15, 0.2) is 0 Å². The first-order valence-corrected chi connectivity index (χ1v) is 13.4. The van der Waals surface area contributed by atoms with Crippen LogP contribution in [0.25, 0.3) is 0 Å². The first-order chi connectivity index (χ1) is 14.6. The molecule has 0 aliphatic heterocycles. The van der Waals surface area contributed by atoms with E-state index in [2.05, 4.69) is 6.82 Å². The molecule has 4 N–H and O–H groups in total. The van der Waals surface area contributed by atoms with Gasteiger partial charge in [0, 0.05) is 12.1 Å². The van der Waals surface area contributed by atoms with E-state index in [0.717, 1.165) is 44.0 Å². The highest BCUT2D eigenvalue weighted by Gasteiger charge is 2.36. The maximum absolute atomic E-state index is 6.47. The lowest BCUT2D eigenvalue weighted by Gasteiger charge is -2.39. The van der Waals surface area contributed by atoms with Crippen LogP contribution in [0.5, 0.6) is 0 Å². The van der Waals surface area contributed by atoms with Gasteiger partial charge in [0.15, 0.2) is 0 Å². The van der Waals surface area contributed by atoms with Gasteiger partial charge in [-0.15, -0.1) is 0 Å². The van der Waals surface area contributed by atoms with E-state index in [0.29, 0.717) is 36.5 Å². The highest BCUT2D eigenvalue weighted by atomic mass is 16.5. The standard InChI is InChI=1S/C25H47BN2O2/c1-26(18-2-10-22(11-3-18)29-24-14-6-20(27)7-15-24)19-4-12-23(13-5-19)30-25-16-8-21(28)9-17-25/h18-25H,2-17,27-28H2,1H3. The van der Waals surface area contributed by atoms with Gasteiger partial charge in [-0.2, -0.15) is 0 Å². The van der Waals surface area contributed by atoms with Crippen LogP contribution in [0.2, 0.25) is 18.5 Å². The summed E-state index contributed by atoms with van der Waals surface area (Å²) in [6.45, 7) is 3.41. The van der Waals surface area contributed by atoms with Crippen molar-refractivity contribution in [1.82, 2.24) is 0 Å². The van der Waals surface area contributed by atoms with E-state index in [-0.39, 0.29) is 0 Å². The van der Waals surface area contributed by atoms with Gasteiger partial charge in [0.25, 0.3) is 0 Å². The second kappa shape index (κ2) is 11.2. The van der Waals surface area contributed by atoms with Crippen molar-refractivity contribution in [2.24, 2.45) is 11.5 Å². The van der Waals surface area contributed by atoms with Crippen LogP contribution in [0.1, 0.15) is 103 Å². The lowest BCUT2D eigenvalue weighted by atomic mass is 9.32. The van der Waals surface area contributed by atoms with Crippen LogP contribution >= 0.6 is 0 Å². The molecule has 0 amide bonds. The first-order valence-electron chi connectivity index (χ1n) is 13.4. The van der Waals surface area contributed by atoms with E-state index in [1.165, 1.54) is 77.0 Å². The van der Waals surface area contributed by atoms with Gasteiger partial charge in [0.1, 0.15) is 6.71 Å². The minimum atomic E-state index is 0.419. The molecule has 4 saturated carbocycles. The molecule has 0 aromatic heterocycles. The number of hydrogen-bond donors (Lipinski definition) is 2. The Kier molecular flexibility index (Phi) is 8.59. The second-order valence-corrected chi connectivity index (χ2v) is 11.3. The summed E-state index contributed by atoms with van der Waals surface area (Å²) in [4.78, 5) is 0. The molecular formula is C25H47BN2O2. The van der Waals surface area contributed by atoms with E-state index in [4.69, 9.17) is 20.9 Å². The predicted molar refractivity (Wildman–Crippen MR) is 126 cm³/mol. The monoisotopic (exact) mass is 418 g/mol. The molecule has 0 heterocycles. The van der Waals surface area contributed by atoms with E-state index >= 15 is 0 Å². The lowest BCUT2D eigenvalue weighted by Crippen LogP contribution is -2.36. The molecule has 0 bridgehead atoms. The largest absolute Gasteiger partial charge is 0.375 e. The van der Waals surface area contributed by atoms with Gasteiger partial charge < -0.3 is 20.9 Å². The number of nitrogens with two attached hydrogens (primary N) is 2. The molecule has 4 fully saturated rings. The summed E-state index contributed by atoms with van der Waals surface area (Å²) in [5.41, 5.74) is 12.1. The van der Waals surface area contributed by atoms with Crippen molar-refractivity contribution in [2.75, 3.05) is 0 Å². The van der Waals surface area contributed by atoms with Gasteiger partial charge in [-0.25, -0.2) is 0 Å². The lowest BCUT2D eigenvalue weighted by molar-refractivity contribution is -0.0481. The molecule has 0 atom stereocenters. The molecule has 5 heteroatoms. The zero-order chi connectivity index (χ0) is 20.9. The third kappa shape index (κ3) is 6.46. The summed E-state index contributed by atoms with van der Waals surface area (Å²) in [6.07, 6.45) is 21.9. The van der Waals surface area contributed by atoms with Crippen LogP contribution in [0.4, 0.5) is 0 Å². The van der Waals surface area contributed by atoms with Crippen molar-refractivity contribution < 1.29 is 9.47 Å². The molecule has 0 aromatic carbocycles. The quantitative estimate of drug-likeness (QED) is 0.574. The summed E-state index contributed by atoms with van der Waals surface area (Å²) in [6, 6.07) is 0.839. The molecule has 0 unspecified atom stereocenters. The second-order valence-electron chi connectivity index (χ2n) is 11.3. The van der Waals surface area contributed by atoms with Crippen molar-refractivity contribution >= 4 is 6.71 Å². The SMILES string of the molecule is CB(C1CCC(OC2CCC(N)CC2)CC1)C1CCC(OC2CCC(N)CC2)CC1. The van der Waals surface area contributed by atoms with Crippen LogP contribution in [0.3, 0.4) is 0 Å². The minimum absolute atomic E-state index is 0.419. The van der Waals surface area contributed by atoms with Gasteiger partial charge in [-0.05, 0) is 77.0 Å². The summed E-state index contributed by atoms with van der Waals surface area (Å²) < 4.78 is 12.9. The van der Waals surface area contributed by atoms with E-state index in [9.17, 15) is 0 Å². The Morgan fingerprint density at radius 3 is 1.03 bits per heavy atom. The highest BCUT2D eigenvalue weighted by Crippen LogP contribution is 2.43. The fourth-order valence-electron chi connectivity index (χ4n) is 6.88. The van der Waals surface area contributed by atoms with Crippen LogP contribution < -0.4 is 11.5 Å². The molecule has 30 heavy (non-hydrogen) atoms. The molecular weight excluding hydrogens is 371 g/mol. The smallest absolute Gasteiger partial charge is 0.143 e. The Bertz CT molecular complexity index is 445. The third-order valence-electron chi connectivity index (χ3n) is 9.13. The Morgan fingerprint density at radius 2 is 0.733 bits per heavy atom. The fourth-order valence-corrected chi connectivity index (χ4v) is 6.88. The molecule has 4 aliphatic carbocycles. The van der Waals surface area contributed by atoms with Crippen LogP contribution in [-0.2, 0) is 9.47 Å². The summed E-state index contributed by atoms with van der Waals surface area (Å²) >= 11 is 0. The van der Waals surface area contributed by atoms with Gasteiger partial charge in [0.05, 0.1) is 24.4 Å². The summed E-state index contributed by atoms with van der Waals surface area (Å²) in [5, 5.41) is 0. The molecule has 172 valence electrons. The van der Waals surface area contributed by atoms with Gasteiger partial charge in [-0.1, -0.05) is 44.1 Å². The van der Waals surface area contributed by atoms with Crippen LogP contribution in [-0.4, -0.2) is 43.2 Å².